The monoisotopic (exact) mass is 215 g/mol. The van der Waals surface area contributed by atoms with Gasteiger partial charge in [-0.05, 0) is 13.8 Å². The van der Waals surface area contributed by atoms with E-state index >= 15 is 0 Å². The van der Waals surface area contributed by atoms with Crippen molar-refractivity contribution in [2.24, 2.45) is 0 Å². The molecule has 1 rings (SSSR count). The molecule has 0 atom stereocenters. The van der Waals surface area contributed by atoms with Gasteiger partial charge in [0.05, 0.1) is 17.9 Å². The number of carboxylic acid groups (broad SMARTS) is 1. The lowest BCUT2D eigenvalue weighted by Crippen LogP contribution is -2.49. The van der Waals surface area contributed by atoms with E-state index in [1.807, 2.05) is 0 Å². The van der Waals surface area contributed by atoms with Crippen molar-refractivity contribution in [3.63, 3.8) is 0 Å². The van der Waals surface area contributed by atoms with Crippen molar-refractivity contribution in [3.05, 3.63) is 11.9 Å². The lowest BCUT2D eigenvalue weighted by molar-refractivity contribution is -0.143. The van der Waals surface area contributed by atoms with Crippen LogP contribution in [0.5, 0.6) is 0 Å². The Morgan fingerprint density at radius 3 is 2.64 bits per heavy atom. The molecular formula is C7H9N3O3S. The summed E-state index contributed by atoms with van der Waals surface area (Å²) in [7, 11) is 0. The van der Waals surface area contributed by atoms with Crippen LogP contribution >= 0.6 is 11.7 Å². The standard InChI is InChI=1S/C7H9N3O3S/c1-7(2,6(12)13)9-5(11)4-3-8-14-10-4/h3H,1-2H3,(H,9,11)(H,12,13). The molecule has 0 radical (unpaired) electrons. The number of carbonyl (C=O) groups is 2. The van der Waals surface area contributed by atoms with Crippen LogP contribution in [0.25, 0.3) is 0 Å². The number of aliphatic carboxylic acids is 1. The molecule has 1 aromatic rings. The van der Waals surface area contributed by atoms with Crippen LogP contribution in [-0.4, -0.2) is 31.3 Å². The molecule has 0 unspecified atom stereocenters. The fourth-order valence-corrected chi connectivity index (χ4v) is 1.08. The molecule has 7 heteroatoms. The highest BCUT2D eigenvalue weighted by Gasteiger charge is 2.29. The molecule has 0 saturated carbocycles. The largest absolute Gasteiger partial charge is 0.480 e. The first-order valence-electron chi connectivity index (χ1n) is 3.77. The van der Waals surface area contributed by atoms with E-state index in [-0.39, 0.29) is 5.69 Å². The molecular weight excluding hydrogens is 206 g/mol. The van der Waals surface area contributed by atoms with Crippen molar-refractivity contribution in [2.45, 2.75) is 19.4 Å². The SMILES string of the molecule is CC(C)(NC(=O)c1cnsn1)C(=O)O. The third-order valence-electron chi connectivity index (χ3n) is 1.55. The lowest BCUT2D eigenvalue weighted by atomic mass is 10.1. The summed E-state index contributed by atoms with van der Waals surface area (Å²) in [6, 6.07) is 0. The Labute approximate surface area is 84.3 Å². The van der Waals surface area contributed by atoms with E-state index in [1.165, 1.54) is 20.0 Å². The molecule has 14 heavy (non-hydrogen) atoms. The summed E-state index contributed by atoms with van der Waals surface area (Å²) >= 11 is 0.894. The lowest BCUT2D eigenvalue weighted by Gasteiger charge is -2.19. The van der Waals surface area contributed by atoms with Gasteiger partial charge in [0.2, 0.25) is 0 Å². The molecule has 1 amide bonds. The number of hydrogen-bond acceptors (Lipinski definition) is 5. The number of carbonyl (C=O) groups excluding carboxylic acids is 1. The van der Waals surface area contributed by atoms with Gasteiger partial charge in [-0.25, -0.2) is 4.79 Å². The maximum atomic E-state index is 11.4. The maximum Gasteiger partial charge on any atom is 0.328 e. The number of nitrogens with one attached hydrogen (secondary N) is 1. The Bertz CT molecular complexity index is 347. The molecule has 1 aromatic heterocycles. The van der Waals surface area contributed by atoms with Gasteiger partial charge in [-0.2, -0.15) is 8.75 Å². The molecule has 6 nitrogen and oxygen atoms in total. The van der Waals surface area contributed by atoms with Gasteiger partial charge in [0, 0.05) is 0 Å². The third-order valence-corrected chi connectivity index (χ3v) is 2.03. The predicted octanol–water partition coefficient (Wildman–Crippen LogP) is 0.131. The number of nitrogens with zero attached hydrogens (tertiary/aromatic N) is 2. The Morgan fingerprint density at radius 2 is 2.21 bits per heavy atom. The minimum atomic E-state index is -1.30. The van der Waals surface area contributed by atoms with Gasteiger partial charge < -0.3 is 10.4 Å². The topological polar surface area (TPSA) is 92.2 Å². The molecule has 0 fully saturated rings. The zero-order valence-corrected chi connectivity index (χ0v) is 8.46. The fourth-order valence-electron chi connectivity index (χ4n) is 0.666. The van der Waals surface area contributed by atoms with Gasteiger partial charge in [0.25, 0.3) is 5.91 Å². The van der Waals surface area contributed by atoms with E-state index in [0.29, 0.717) is 0 Å². The van der Waals surface area contributed by atoms with Gasteiger partial charge in [-0.3, -0.25) is 4.79 Å². The van der Waals surface area contributed by atoms with Crippen molar-refractivity contribution < 1.29 is 14.7 Å². The number of hydrogen-bond donors (Lipinski definition) is 2. The Balaban J connectivity index is 2.71. The van der Waals surface area contributed by atoms with Gasteiger partial charge in [-0.1, -0.05) is 0 Å². The molecule has 76 valence electrons. The minimum absolute atomic E-state index is 0.129. The summed E-state index contributed by atoms with van der Waals surface area (Å²) in [6.07, 6.45) is 1.29. The molecule has 2 N–H and O–H groups in total. The molecule has 0 aromatic carbocycles. The minimum Gasteiger partial charge on any atom is -0.480 e. The van der Waals surface area contributed by atoms with Crippen molar-refractivity contribution in [3.8, 4) is 0 Å². The fraction of sp³-hybridized carbons (Fsp3) is 0.429. The predicted molar refractivity (Wildman–Crippen MR) is 49.1 cm³/mol. The summed E-state index contributed by atoms with van der Waals surface area (Å²) in [4.78, 5) is 22.0. The summed E-state index contributed by atoms with van der Waals surface area (Å²) < 4.78 is 7.33. The van der Waals surface area contributed by atoms with Crippen LogP contribution in [0.2, 0.25) is 0 Å². The Morgan fingerprint density at radius 1 is 1.57 bits per heavy atom. The van der Waals surface area contributed by atoms with Crippen LogP contribution in [-0.2, 0) is 4.79 Å². The highest BCUT2D eigenvalue weighted by atomic mass is 32.1. The highest BCUT2D eigenvalue weighted by molar-refractivity contribution is 6.99. The van der Waals surface area contributed by atoms with E-state index in [2.05, 4.69) is 14.1 Å². The number of rotatable bonds is 3. The van der Waals surface area contributed by atoms with Crippen molar-refractivity contribution >= 4 is 23.6 Å². The smallest absolute Gasteiger partial charge is 0.328 e. The number of aromatic nitrogens is 2. The van der Waals surface area contributed by atoms with Crippen LogP contribution in [0.15, 0.2) is 6.20 Å². The summed E-state index contributed by atoms with van der Waals surface area (Å²) in [6.45, 7) is 2.79. The van der Waals surface area contributed by atoms with Crippen LogP contribution in [0.3, 0.4) is 0 Å². The highest BCUT2D eigenvalue weighted by Crippen LogP contribution is 2.04. The van der Waals surface area contributed by atoms with Crippen molar-refractivity contribution in [1.82, 2.24) is 14.1 Å². The molecule has 0 aliphatic heterocycles. The Kier molecular flexibility index (Phi) is 2.80. The van der Waals surface area contributed by atoms with Gasteiger partial charge in [-0.15, -0.1) is 0 Å². The zero-order chi connectivity index (χ0) is 10.8. The molecule has 0 spiro atoms. The van der Waals surface area contributed by atoms with Crippen LogP contribution < -0.4 is 5.32 Å². The van der Waals surface area contributed by atoms with Crippen LogP contribution in [0.1, 0.15) is 24.3 Å². The van der Waals surface area contributed by atoms with Gasteiger partial charge in [0.1, 0.15) is 5.54 Å². The first-order valence-corrected chi connectivity index (χ1v) is 4.50. The van der Waals surface area contributed by atoms with Gasteiger partial charge >= 0.3 is 5.97 Å². The second-order valence-electron chi connectivity index (χ2n) is 3.18. The van der Waals surface area contributed by atoms with E-state index in [4.69, 9.17) is 5.11 Å². The second-order valence-corrected chi connectivity index (χ2v) is 3.73. The second kappa shape index (κ2) is 3.70. The average Bonchev–Trinajstić information content (AvgIpc) is 2.54. The number of amides is 1. The zero-order valence-electron chi connectivity index (χ0n) is 7.64. The van der Waals surface area contributed by atoms with Crippen molar-refractivity contribution in [2.75, 3.05) is 0 Å². The number of carboxylic acids is 1. The van der Waals surface area contributed by atoms with E-state index in [0.717, 1.165) is 11.7 Å². The molecule has 0 aliphatic carbocycles. The van der Waals surface area contributed by atoms with E-state index < -0.39 is 17.4 Å². The first-order chi connectivity index (χ1) is 6.43. The molecule has 0 aliphatic rings. The Hall–Kier alpha value is -1.50. The maximum absolute atomic E-state index is 11.4. The first kappa shape index (κ1) is 10.6. The van der Waals surface area contributed by atoms with Gasteiger partial charge in [0.15, 0.2) is 5.69 Å². The molecule has 0 bridgehead atoms. The van der Waals surface area contributed by atoms with Crippen molar-refractivity contribution in [1.29, 1.82) is 0 Å². The van der Waals surface area contributed by atoms with Crippen LogP contribution in [0.4, 0.5) is 0 Å². The summed E-state index contributed by atoms with van der Waals surface area (Å²) in [5, 5.41) is 11.1. The van der Waals surface area contributed by atoms with Crippen LogP contribution in [0, 0.1) is 0 Å². The third kappa shape index (κ3) is 2.25. The molecule has 0 saturated heterocycles. The van der Waals surface area contributed by atoms with E-state index in [9.17, 15) is 9.59 Å². The average molecular weight is 215 g/mol. The molecule has 1 heterocycles. The van der Waals surface area contributed by atoms with E-state index in [1.54, 1.807) is 0 Å². The summed E-state index contributed by atoms with van der Waals surface area (Å²) in [5.74, 6) is -1.64. The summed E-state index contributed by atoms with van der Waals surface area (Å²) in [5.41, 5.74) is -1.18. The quantitative estimate of drug-likeness (QED) is 0.747. The normalized spacial score (nSPS) is 11.0.